The predicted octanol–water partition coefficient (Wildman–Crippen LogP) is 2.84. The van der Waals surface area contributed by atoms with Crippen LogP contribution in [0.4, 0.5) is 5.82 Å². The number of H-pyrrole nitrogens is 1. The van der Waals surface area contributed by atoms with E-state index in [1.54, 1.807) is 6.20 Å². The van der Waals surface area contributed by atoms with Gasteiger partial charge in [-0.1, -0.05) is 18.2 Å². The number of ether oxygens (including phenoxy) is 1. The van der Waals surface area contributed by atoms with Crippen LogP contribution in [0.2, 0.25) is 0 Å². The first-order valence-corrected chi connectivity index (χ1v) is 9.41. The number of nitrogens with zero attached hydrogens (tertiary/aromatic N) is 3. The van der Waals surface area contributed by atoms with Gasteiger partial charge in [-0.25, -0.2) is 4.98 Å². The number of aromatic nitrogens is 3. The van der Waals surface area contributed by atoms with Gasteiger partial charge in [0.05, 0.1) is 6.20 Å². The van der Waals surface area contributed by atoms with Crippen molar-refractivity contribution in [3.63, 3.8) is 0 Å². The highest BCUT2D eigenvalue weighted by atomic mass is 16.5. The minimum atomic E-state index is 0.00257. The molecule has 4 rings (SSSR count). The highest BCUT2D eigenvalue weighted by Gasteiger charge is 2.28. The number of amides is 1. The van der Waals surface area contributed by atoms with Gasteiger partial charge < -0.3 is 15.4 Å². The first-order valence-electron chi connectivity index (χ1n) is 9.41. The Kier molecular flexibility index (Phi) is 5.23. The van der Waals surface area contributed by atoms with Gasteiger partial charge in [-0.15, -0.1) is 0 Å². The van der Waals surface area contributed by atoms with Crippen LogP contribution in [0.5, 0.6) is 5.75 Å². The third-order valence-electron chi connectivity index (χ3n) is 5.05. The van der Waals surface area contributed by atoms with Crippen molar-refractivity contribution in [1.82, 2.24) is 20.1 Å². The molecule has 0 aliphatic carbocycles. The summed E-state index contributed by atoms with van der Waals surface area (Å²) in [5, 5.41) is 7.37. The minimum Gasteiger partial charge on any atom is -0.484 e. The van der Waals surface area contributed by atoms with E-state index in [0.29, 0.717) is 18.1 Å². The second-order valence-corrected chi connectivity index (χ2v) is 6.95. The predicted molar refractivity (Wildman–Crippen MR) is 107 cm³/mol. The van der Waals surface area contributed by atoms with Crippen LogP contribution in [0.3, 0.4) is 0 Å². The third-order valence-corrected chi connectivity index (χ3v) is 5.05. The molecule has 3 N–H and O–H groups in total. The van der Waals surface area contributed by atoms with E-state index in [9.17, 15) is 4.79 Å². The molecule has 7 nitrogen and oxygen atoms in total. The van der Waals surface area contributed by atoms with Gasteiger partial charge >= 0.3 is 0 Å². The van der Waals surface area contributed by atoms with Gasteiger partial charge in [-0.05, 0) is 42.7 Å². The Morgan fingerprint density at radius 3 is 2.96 bits per heavy atom. The zero-order chi connectivity index (χ0) is 19.3. The van der Waals surface area contributed by atoms with E-state index in [1.807, 2.05) is 53.6 Å². The number of nitrogens with two attached hydrogens (primary N) is 1. The molecule has 0 saturated carbocycles. The number of pyridine rings is 1. The van der Waals surface area contributed by atoms with E-state index in [-0.39, 0.29) is 18.4 Å². The topological polar surface area (TPSA) is 97.1 Å². The van der Waals surface area contributed by atoms with E-state index in [2.05, 4.69) is 15.2 Å². The molecule has 1 atom stereocenters. The normalized spacial score (nSPS) is 16.7. The maximum absolute atomic E-state index is 12.6. The Morgan fingerprint density at radius 1 is 1.29 bits per heavy atom. The average molecular weight is 377 g/mol. The van der Waals surface area contributed by atoms with Crippen molar-refractivity contribution >= 4 is 11.7 Å². The first kappa shape index (κ1) is 18.0. The van der Waals surface area contributed by atoms with Crippen LogP contribution < -0.4 is 10.5 Å². The molecule has 0 bridgehead atoms. The summed E-state index contributed by atoms with van der Waals surface area (Å²) < 4.78 is 5.62. The number of carbonyl (C=O) groups excluding carboxylic acids is 1. The van der Waals surface area contributed by atoms with Crippen molar-refractivity contribution in [2.75, 3.05) is 25.4 Å². The molecule has 1 saturated heterocycles. The second kappa shape index (κ2) is 8.12. The zero-order valence-electron chi connectivity index (χ0n) is 15.5. The van der Waals surface area contributed by atoms with Crippen molar-refractivity contribution in [1.29, 1.82) is 0 Å². The number of likely N-dealkylation sites (tertiary alicyclic amines) is 1. The number of nitrogens with one attached hydrogen (secondary N) is 1. The van der Waals surface area contributed by atoms with E-state index in [1.165, 1.54) is 0 Å². The van der Waals surface area contributed by atoms with Crippen molar-refractivity contribution < 1.29 is 9.53 Å². The monoisotopic (exact) mass is 377 g/mol. The van der Waals surface area contributed by atoms with Gasteiger partial charge in [0.2, 0.25) is 0 Å². The molecule has 7 heteroatoms. The van der Waals surface area contributed by atoms with Crippen LogP contribution in [-0.4, -0.2) is 45.7 Å². The molecule has 1 aromatic carbocycles. The average Bonchev–Trinajstić information content (AvgIpc) is 3.23. The van der Waals surface area contributed by atoms with Gasteiger partial charge in [-0.2, -0.15) is 5.10 Å². The van der Waals surface area contributed by atoms with E-state index in [4.69, 9.17) is 10.5 Å². The molecule has 3 aromatic rings. The van der Waals surface area contributed by atoms with Gasteiger partial charge in [0.25, 0.3) is 5.91 Å². The quantitative estimate of drug-likeness (QED) is 0.713. The van der Waals surface area contributed by atoms with Crippen LogP contribution in [0.1, 0.15) is 24.5 Å². The van der Waals surface area contributed by atoms with Gasteiger partial charge in [0.15, 0.2) is 6.61 Å². The van der Waals surface area contributed by atoms with Gasteiger partial charge in [0.1, 0.15) is 11.6 Å². The number of anilines is 1. The maximum Gasteiger partial charge on any atom is 0.260 e. The second-order valence-electron chi connectivity index (χ2n) is 6.95. The van der Waals surface area contributed by atoms with E-state index in [0.717, 1.165) is 36.2 Å². The van der Waals surface area contributed by atoms with Gasteiger partial charge in [0, 0.05) is 36.5 Å². The summed E-state index contributed by atoms with van der Waals surface area (Å²) in [5.41, 5.74) is 8.85. The largest absolute Gasteiger partial charge is 0.484 e. The summed E-state index contributed by atoms with van der Waals surface area (Å²) in [4.78, 5) is 18.6. The Bertz CT molecular complexity index is 941. The SMILES string of the molecule is Nc1cc(-c2cn[nH]c2[C@@H]2CCCN(C(=O)COc3ccccc3)C2)ccn1. The molecule has 0 spiro atoms. The molecule has 0 radical (unpaired) electrons. The molecule has 144 valence electrons. The summed E-state index contributed by atoms with van der Waals surface area (Å²) >= 11 is 0. The molecule has 1 aliphatic heterocycles. The number of hydrogen-bond donors (Lipinski definition) is 2. The molecule has 1 fully saturated rings. The van der Waals surface area contributed by atoms with Crippen molar-refractivity contribution in [3.05, 3.63) is 60.6 Å². The molecule has 28 heavy (non-hydrogen) atoms. The van der Waals surface area contributed by atoms with Crippen LogP contribution in [0.15, 0.2) is 54.9 Å². The summed E-state index contributed by atoms with van der Waals surface area (Å²) in [6.07, 6.45) is 5.44. The van der Waals surface area contributed by atoms with Crippen LogP contribution >= 0.6 is 0 Å². The molecule has 0 unspecified atom stereocenters. The summed E-state index contributed by atoms with van der Waals surface area (Å²) in [6, 6.07) is 13.2. The van der Waals surface area contributed by atoms with Crippen molar-refractivity contribution in [3.8, 4) is 16.9 Å². The number of aromatic amines is 1. The maximum atomic E-state index is 12.6. The van der Waals surface area contributed by atoms with Crippen molar-refractivity contribution in [2.24, 2.45) is 0 Å². The highest BCUT2D eigenvalue weighted by molar-refractivity contribution is 5.78. The fraction of sp³-hybridized carbons (Fsp3) is 0.286. The number of para-hydroxylation sites is 1. The minimum absolute atomic E-state index is 0.00257. The Morgan fingerprint density at radius 2 is 2.14 bits per heavy atom. The van der Waals surface area contributed by atoms with Crippen LogP contribution in [0, 0.1) is 0 Å². The van der Waals surface area contributed by atoms with E-state index >= 15 is 0 Å². The number of piperidine rings is 1. The number of carbonyl (C=O) groups is 1. The Balaban J connectivity index is 1.44. The number of rotatable bonds is 5. The standard InChI is InChI=1S/C21H23N5O2/c22-19-11-15(8-9-23-19)18-12-24-25-21(18)16-5-4-10-26(13-16)20(27)14-28-17-6-2-1-3-7-17/h1-3,6-9,11-12,16H,4-5,10,13-14H2,(H2,22,23)(H,24,25)/t16-/m1/s1. The number of hydrogen-bond acceptors (Lipinski definition) is 5. The molecule has 3 heterocycles. The smallest absolute Gasteiger partial charge is 0.260 e. The van der Waals surface area contributed by atoms with Crippen LogP contribution in [-0.2, 0) is 4.79 Å². The summed E-state index contributed by atoms with van der Waals surface area (Å²) in [7, 11) is 0. The van der Waals surface area contributed by atoms with Crippen LogP contribution in [0.25, 0.3) is 11.1 Å². The van der Waals surface area contributed by atoms with Crippen molar-refractivity contribution in [2.45, 2.75) is 18.8 Å². The molecule has 1 aliphatic rings. The summed E-state index contributed by atoms with van der Waals surface area (Å²) in [5.74, 6) is 1.38. The fourth-order valence-corrected chi connectivity index (χ4v) is 3.65. The highest BCUT2D eigenvalue weighted by Crippen LogP contribution is 2.33. The zero-order valence-corrected chi connectivity index (χ0v) is 15.5. The Labute approximate surface area is 163 Å². The third kappa shape index (κ3) is 3.98. The number of benzene rings is 1. The lowest BCUT2D eigenvalue weighted by Gasteiger charge is -2.32. The molecule has 1 amide bonds. The number of nitrogen functional groups attached to an aromatic ring is 1. The molecule has 2 aromatic heterocycles. The molecular weight excluding hydrogens is 354 g/mol. The molecular formula is C21H23N5O2. The fourth-order valence-electron chi connectivity index (χ4n) is 3.65. The lowest BCUT2D eigenvalue weighted by Crippen LogP contribution is -2.41. The summed E-state index contributed by atoms with van der Waals surface area (Å²) in [6.45, 7) is 1.44. The lowest BCUT2D eigenvalue weighted by molar-refractivity contribution is -0.134. The Hall–Kier alpha value is -3.35. The first-order chi connectivity index (χ1) is 13.7. The van der Waals surface area contributed by atoms with E-state index < -0.39 is 0 Å². The lowest BCUT2D eigenvalue weighted by atomic mass is 9.90. The van der Waals surface area contributed by atoms with Gasteiger partial charge in [-0.3, -0.25) is 9.89 Å².